The molecule has 0 aromatic rings. The summed E-state index contributed by atoms with van der Waals surface area (Å²) >= 11 is 0. The zero-order valence-electron chi connectivity index (χ0n) is 9.31. The normalized spacial score (nSPS) is 24.3. The standard InChI is InChI=1S/C11H22N2O/c1-3-5-9(2)13-11(14)10-6-4-7-12-8-10/h9-10,12H,3-8H2,1-2H3,(H,13,14). The van der Waals surface area contributed by atoms with Gasteiger partial charge < -0.3 is 10.6 Å². The van der Waals surface area contributed by atoms with Crippen LogP contribution in [0.25, 0.3) is 0 Å². The van der Waals surface area contributed by atoms with E-state index in [9.17, 15) is 4.79 Å². The molecule has 3 heteroatoms. The second-order valence-electron chi connectivity index (χ2n) is 4.24. The van der Waals surface area contributed by atoms with Crippen molar-refractivity contribution in [3.05, 3.63) is 0 Å². The van der Waals surface area contributed by atoms with Gasteiger partial charge in [-0.15, -0.1) is 0 Å². The summed E-state index contributed by atoms with van der Waals surface area (Å²) in [5.74, 6) is 0.432. The molecular weight excluding hydrogens is 176 g/mol. The molecule has 1 amide bonds. The number of hydrogen-bond donors (Lipinski definition) is 2. The zero-order valence-corrected chi connectivity index (χ0v) is 9.31. The number of hydrogen-bond acceptors (Lipinski definition) is 2. The molecule has 14 heavy (non-hydrogen) atoms. The van der Waals surface area contributed by atoms with E-state index in [-0.39, 0.29) is 11.8 Å². The molecule has 2 N–H and O–H groups in total. The summed E-state index contributed by atoms with van der Waals surface area (Å²) in [6, 6.07) is 0.328. The van der Waals surface area contributed by atoms with E-state index in [0.717, 1.165) is 38.8 Å². The van der Waals surface area contributed by atoms with Crippen molar-refractivity contribution in [1.82, 2.24) is 10.6 Å². The fraction of sp³-hybridized carbons (Fsp3) is 0.909. The number of amides is 1. The van der Waals surface area contributed by atoms with Crippen LogP contribution in [0.4, 0.5) is 0 Å². The zero-order chi connectivity index (χ0) is 10.4. The second-order valence-corrected chi connectivity index (χ2v) is 4.24. The minimum atomic E-state index is 0.197. The highest BCUT2D eigenvalue weighted by molar-refractivity contribution is 5.79. The largest absolute Gasteiger partial charge is 0.353 e. The van der Waals surface area contributed by atoms with Gasteiger partial charge in [0.1, 0.15) is 0 Å². The summed E-state index contributed by atoms with van der Waals surface area (Å²) in [6.45, 7) is 6.14. The van der Waals surface area contributed by atoms with E-state index in [1.807, 2.05) is 0 Å². The molecule has 0 bridgehead atoms. The van der Waals surface area contributed by atoms with E-state index in [1.165, 1.54) is 0 Å². The maximum Gasteiger partial charge on any atom is 0.224 e. The SMILES string of the molecule is CCCC(C)NC(=O)C1CCCNC1. The van der Waals surface area contributed by atoms with Gasteiger partial charge in [0.15, 0.2) is 0 Å². The molecule has 1 saturated heterocycles. The number of nitrogens with one attached hydrogen (secondary N) is 2. The Morgan fingerprint density at radius 1 is 1.64 bits per heavy atom. The average Bonchev–Trinajstić information content (AvgIpc) is 2.19. The average molecular weight is 198 g/mol. The van der Waals surface area contributed by atoms with Gasteiger partial charge in [-0.2, -0.15) is 0 Å². The summed E-state index contributed by atoms with van der Waals surface area (Å²) in [7, 11) is 0. The van der Waals surface area contributed by atoms with Gasteiger partial charge in [-0.1, -0.05) is 13.3 Å². The minimum absolute atomic E-state index is 0.197. The Morgan fingerprint density at radius 2 is 2.43 bits per heavy atom. The van der Waals surface area contributed by atoms with Crippen molar-refractivity contribution in [2.75, 3.05) is 13.1 Å². The lowest BCUT2D eigenvalue weighted by atomic mass is 9.98. The molecule has 1 rings (SSSR count). The Balaban J connectivity index is 2.25. The number of carbonyl (C=O) groups excluding carboxylic acids is 1. The smallest absolute Gasteiger partial charge is 0.224 e. The fourth-order valence-corrected chi connectivity index (χ4v) is 1.94. The molecule has 1 fully saturated rings. The van der Waals surface area contributed by atoms with E-state index in [0.29, 0.717) is 6.04 Å². The quantitative estimate of drug-likeness (QED) is 0.714. The Labute approximate surface area is 86.6 Å². The lowest BCUT2D eigenvalue weighted by Crippen LogP contribution is -2.43. The minimum Gasteiger partial charge on any atom is -0.353 e. The molecular formula is C11H22N2O. The fourth-order valence-electron chi connectivity index (χ4n) is 1.94. The van der Waals surface area contributed by atoms with Crippen LogP contribution in [0.1, 0.15) is 39.5 Å². The highest BCUT2D eigenvalue weighted by atomic mass is 16.1. The molecule has 0 aromatic heterocycles. The highest BCUT2D eigenvalue weighted by Gasteiger charge is 2.21. The van der Waals surface area contributed by atoms with Crippen molar-refractivity contribution >= 4 is 5.91 Å². The molecule has 2 atom stereocenters. The van der Waals surface area contributed by atoms with Crippen LogP contribution >= 0.6 is 0 Å². The van der Waals surface area contributed by atoms with Crippen LogP contribution in [0.2, 0.25) is 0 Å². The molecule has 0 aromatic carbocycles. The predicted octanol–water partition coefficient (Wildman–Crippen LogP) is 1.29. The molecule has 3 nitrogen and oxygen atoms in total. The van der Waals surface area contributed by atoms with Gasteiger partial charge in [0.25, 0.3) is 0 Å². The van der Waals surface area contributed by atoms with Gasteiger partial charge in [0, 0.05) is 12.6 Å². The van der Waals surface area contributed by atoms with Crippen molar-refractivity contribution in [3.63, 3.8) is 0 Å². The monoisotopic (exact) mass is 198 g/mol. The van der Waals surface area contributed by atoms with Crippen LogP contribution in [-0.2, 0) is 4.79 Å². The van der Waals surface area contributed by atoms with Crippen LogP contribution in [0, 0.1) is 5.92 Å². The van der Waals surface area contributed by atoms with Crippen LogP contribution in [-0.4, -0.2) is 25.0 Å². The van der Waals surface area contributed by atoms with Gasteiger partial charge in [-0.25, -0.2) is 0 Å². The molecule has 1 heterocycles. The maximum absolute atomic E-state index is 11.7. The van der Waals surface area contributed by atoms with Crippen molar-refractivity contribution < 1.29 is 4.79 Å². The Morgan fingerprint density at radius 3 is 3.00 bits per heavy atom. The maximum atomic E-state index is 11.7. The number of carbonyl (C=O) groups is 1. The number of piperidine rings is 1. The van der Waals surface area contributed by atoms with Gasteiger partial charge in [0.2, 0.25) is 5.91 Å². The summed E-state index contributed by atoms with van der Waals surface area (Å²) in [4.78, 5) is 11.7. The molecule has 0 radical (unpaired) electrons. The Kier molecular flexibility index (Phi) is 4.94. The van der Waals surface area contributed by atoms with Crippen molar-refractivity contribution in [2.45, 2.75) is 45.6 Å². The topological polar surface area (TPSA) is 41.1 Å². The van der Waals surface area contributed by atoms with Crippen molar-refractivity contribution in [3.8, 4) is 0 Å². The second kappa shape index (κ2) is 6.02. The lowest BCUT2D eigenvalue weighted by molar-refractivity contribution is -0.126. The first-order valence-electron chi connectivity index (χ1n) is 5.75. The molecule has 0 saturated carbocycles. The molecule has 0 aliphatic carbocycles. The predicted molar refractivity (Wildman–Crippen MR) is 58.1 cm³/mol. The van der Waals surface area contributed by atoms with Gasteiger partial charge in [-0.05, 0) is 32.7 Å². The summed E-state index contributed by atoms with van der Waals surface area (Å²) in [6.07, 6.45) is 4.37. The van der Waals surface area contributed by atoms with Crippen LogP contribution in [0.3, 0.4) is 0 Å². The first-order valence-corrected chi connectivity index (χ1v) is 5.75. The highest BCUT2D eigenvalue weighted by Crippen LogP contribution is 2.10. The van der Waals surface area contributed by atoms with Gasteiger partial charge in [0.05, 0.1) is 5.92 Å². The van der Waals surface area contributed by atoms with E-state index < -0.39 is 0 Å². The van der Waals surface area contributed by atoms with Crippen LogP contribution < -0.4 is 10.6 Å². The van der Waals surface area contributed by atoms with Crippen LogP contribution in [0.5, 0.6) is 0 Å². The molecule has 1 aliphatic heterocycles. The summed E-state index contributed by atoms with van der Waals surface area (Å²) in [5.41, 5.74) is 0. The first kappa shape index (κ1) is 11.5. The van der Waals surface area contributed by atoms with E-state index >= 15 is 0 Å². The van der Waals surface area contributed by atoms with Crippen molar-refractivity contribution in [2.24, 2.45) is 5.92 Å². The Hall–Kier alpha value is -0.570. The third-order valence-corrected chi connectivity index (χ3v) is 2.78. The van der Waals surface area contributed by atoms with Crippen LogP contribution in [0.15, 0.2) is 0 Å². The third kappa shape index (κ3) is 3.66. The Bertz CT molecular complexity index is 176. The number of rotatable bonds is 4. The molecule has 2 unspecified atom stereocenters. The third-order valence-electron chi connectivity index (χ3n) is 2.78. The molecule has 0 spiro atoms. The summed E-state index contributed by atoms with van der Waals surface area (Å²) < 4.78 is 0. The first-order chi connectivity index (χ1) is 6.74. The molecule has 1 aliphatic rings. The summed E-state index contributed by atoms with van der Waals surface area (Å²) in [5, 5.41) is 6.33. The van der Waals surface area contributed by atoms with Crippen molar-refractivity contribution in [1.29, 1.82) is 0 Å². The van der Waals surface area contributed by atoms with E-state index in [2.05, 4.69) is 24.5 Å². The van der Waals surface area contributed by atoms with E-state index in [4.69, 9.17) is 0 Å². The van der Waals surface area contributed by atoms with Gasteiger partial charge in [-0.3, -0.25) is 4.79 Å². The van der Waals surface area contributed by atoms with E-state index in [1.54, 1.807) is 0 Å². The lowest BCUT2D eigenvalue weighted by Gasteiger charge is -2.23. The molecule has 82 valence electrons. The van der Waals surface area contributed by atoms with Gasteiger partial charge >= 0.3 is 0 Å².